The van der Waals surface area contributed by atoms with E-state index in [0.29, 0.717) is 12.2 Å². The van der Waals surface area contributed by atoms with Crippen molar-refractivity contribution in [1.29, 1.82) is 0 Å². The average Bonchev–Trinajstić information content (AvgIpc) is 2.74. The number of likely N-dealkylation sites (tertiary alicyclic amines) is 1. The molecule has 6 heteroatoms. The zero-order valence-corrected chi connectivity index (χ0v) is 17.2. The third-order valence-electron chi connectivity index (χ3n) is 4.95. The number of esters is 1. The van der Waals surface area contributed by atoms with Gasteiger partial charge in [-0.1, -0.05) is 60.7 Å². The number of rotatable bonds is 6. The molecule has 156 valence electrons. The van der Waals surface area contributed by atoms with Crippen molar-refractivity contribution in [3.8, 4) is 0 Å². The number of carbonyl (C=O) groups excluding carboxylic acids is 3. The molecular formula is C24H26N2O4. The van der Waals surface area contributed by atoms with Gasteiger partial charge in [0.25, 0.3) is 0 Å². The zero-order chi connectivity index (χ0) is 21.5. The average molecular weight is 406 g/mol. The molecule has 2 atom stereocenters. The van der Waals surface area contributed by atoms with Crippen molar-refractivity contribution in [1.82, 2.24) is 10.2 Å². The molecule has 0 radical (unpaired) electrons. The van der Waals surface area contributed by atoms with E-state index in [2.05, 4.69) is 5.32 Å². The molecule has 30 heavy (non-hydrogen) atoms. The second-order valence-corrected chi connectivity index (χ2v) is 7.18. The molecule has 1 heterocycles. The first-order valence-corrected chi connectivity index (χ1v) is 10.0. The van der Waals surface area contributed by atoms with Crippen LogP contribution in [0.1, 0.15) is 31.4 Å². The summed E-state index contributed by atoms with van der Waals surface area (Å²) in [5.74, 6) is -1.62. The molecular weight excluding hydrogens is 380 g/mol. The van der Waals surface area contributed by atoms with Crippen LogP contribution in [0.2, 0.25) is 0 Å². The summed E-state index contributed by atoms with van der Waals surface area (Å²) in [7, 11) is 0. The minimum absolute atomic E-state index is 0.168. The molecule has 2 aromatic rings. The highest BCUT2D eigenvalue weighted by Crippen LogP contribution is 2.32. The van der Waals surface area contributed by atoms with E-state index in [9.17, 15) is 14.4 Å². The maximum Gasteiger partial charge on any atom is 0.315 e. The Morgan fingerprint density at radius 2 is 1.73 bits per heavy atom. The van der Waals surface area contributed by atoms with Crippen molar-refractivity contribution in [3.05, 3.63) is 77.5 Å². The third kappa shape index (κ3) is 5.14. The Morgan fingerprint density at radius 1 is 1.10 bits per heavy atom. The molecule has 0 saturated carbocycles. The van der Waals surface area contributed by atoms with Gasteiger partial charge in [-0.15, -0.1) is 0 Å². The van der Waals surface area contributed by atoms with Crippen molar-refractivity contribution in [2.75, 3.05) is 6.61 Å². The van der Waals surface area contributed by atoms with Crippen molar-refractivity contribution in [2.24, 2.45) is 5.92 Å². The Bertz CT molecular complexity index is 925. The number of nitrogens with zero attached hydrogens (tertiary/aromatic N) is 1. The highest BCUT2D eigenvalue weighted by Gasteiger charge is 2.42. The van der Waals surface area contributed by atoms with Crippen molar-refractivity contribution in [3.63, 3.8) is 0 Å². The van der Waals surface area contributed by atoms with Gasteiger partial charge in [0.2, 0.25) is 11.8 Å². The summed E-state index contributed by atoms with van der Waals surface area (Å²) in [4.78, 5) is 39.4. The number of piperidine rings is 1. The second-order valence-electron chi connectivity index (χ2n) is 7.18. The maximum atomic E-state index is 13.3. The fraction of sp³-hybridized carbons (Fsp3) is 0.292. The van der Waals surface area contributed by atoms with Gasteiger partial charge in [0.15, 0.2) is 0 Å². The van der Waals surface area contributed by atoms with Crippen molar-refractivity contribution < 1.29 is 19.1 Å². The van der Waals surface area contributed by atoms with Gasteiger partial charge in [0, 0.05) is 12.6 Å². The van der Waals surface area contributed by atoms with Crippen LogP contribution in [0.25, 0.3) is 6.08 Å². The Labute approximate surface area is 176 Å². The molecule has 0 bridgehead atoms. The molecule has 2 aromatic carbocycles. The number of carbonyl (C=O) groups is 3. The lowest BCUT2D eigenvalue weighted by atomic mass is 9.88. The predicted molar refractivity (Wildman–Crippen MR) is 114 cm³/mol. The lowest BCUT2D eigenvalue weighted by Crippen LogP contribution is -2.54. The first-order valence-electron chi connectivity index (χ1n) is 10.0. The number of nitrogens with one attached hydrogen (secondary N) is 1. The van der Waals surface area contributed by atoms with E-state index >= 15 is 0 Å². The van der Waals surface area contributed by atoms with Crippen LogP contribution in [0.15, 0.2) is 66.4 Å². The Hall–Kier alpha value is -3.41. The fourth-order valence-corrected chi connectivity index (χ4v) is 3.62. The van der Waals surface area contributed by atoms with Gasteiger partial charge in [0.1, 0.15) is 6.04 Å². The second kappa shape index (κ2) is 9.87. The fourth-order valence-electron chi connectivity index (χ4n) is 3.62. The molecule has 1 aliphatic heterocycles. The molecule has 0 aromatic heterocycles. The summed E-state index contributed by atoms with van der Waals surface area (Å²) in [6.07, 6.45) is 2.02. The molecule has 0 aliphatic carbocycles. The zero-order valence-electron chi connectivity index (χ0n) is 17.2. The first kappa shape index (κ1) is 21.3. The normalized spacial score (nSPS) is 20.1. The summed E-state index contributed by atoms with van der Waals surface area (Å²) in [6.45, 7) is 3.65. The first-order chi connectivity index (χ1) is 14.5. The lowest BCUT2D eigenvalue weighted by Gasteiger charge is -2.39. The lowest BCUT2D eigenvalue weighted by molar-refractivity contribution is -0.151. The van der Waals surface area contributed by atoms with Crippen LogP contribution in [-0.2, 0) is 25.7 Å². The van der Waals surface area contributed by atoms with Crippen LogP contribution >= 0.6 is 0 Å². The number of hydrogen-bond acceptors (Lipinski definition) is 4. The molecule has 6 nitrogen and oxygen atoms in total. The number of hydrogen-bond donors (Lipinski definition) is 1. The largest absolute Gasteiger partial charge is 0.465 e. The van der Waals surface area contributed by atoms with Crippen LogP contribution in [0, 0.1) is 5.92 Å². The van der Waals surface area contributed by atoms with Crippen LogP contribution in [-0.4, -0.2) is 35.3 Å². The van der Waals surface area contributed by atoms with E-state index in [1.54, 1.807) is 11.8 Å². The van der Waals surface area contributed by atoms with Crippen LogP contribution in [0.3, 0.4) is 0 Å². The smallest absolute Gasteiger partial charge is 0.315 e. The topological polar surface area (TPSA) is 75.7 Å². The quantitative estimate of drug-likeness (QED) is 0.748. The van der Waals surface area contributed by atoms with E-state index < -0.39 is 17.9 Å². The highest BCUT2D eigenvalue weighted by atomic mass is 16.5. The molecule has 2 unspecified atom stereocenters. The molecule has 1 saturated heterocycles. The Morgan fingerprint density at radius 3 is 2.33 bits per heavy atom. The van der Waals surface area contributed by atoms with Crippen LogP contribution in [0.5, 0.6) is 0 Å². The van der Waals surface area contributed by atoms with Crippen molar-refractivity contribution >= 4 is 23.9 Å². The Balaban J connectivity index is 2.06. The number of amides is 2. The SMILES string of the molecule is CCOC(=O)C1CC(NC(C)=O)C(=O)N(Cc2ccccc2)/C1=C/c1ccccc1. The minimum Gasteiger partial charge on any atom is -0.465 e. The molecule has 1 aliphatic rings. The highest BCUT2D eigenvalue weighted by molar-refractivity contribution is 5.93. The van der Waals surface area contributed by atoms with Gasteiger partial charge in [-0.05, 0) is 30.5 Å². The van der Waals surface area contributed by atoms with E-state index in [4.69, 9.17) is 4.74 Å². The summed E-state index contributed by atoms with van der Waals surface area (Å²) >= 11 is 0. The van der Waals surface area contributed by atoms with Crippen LogP contribution < -0.4 is 5.32 Å². The van der Waals surface area contributed by atoms with E-state index in [-0.39, 0.29) is 24.8 Å². The third-order valence-corrected chi connectivity index (χ3v) is 4.95. The van der Waals surface area contributed by atoms with E-state index in [1.165, 1.54) is 6.92 Å². The summed E-state index contributed by atoms with van der Waals surface area (Å²) in [5.41, 5.74) is 2.39. The monoisotopic (exact) mass is 406 g/mol. The molecule has 1 fully saturated rings. The van der Waals surface area contributed by atoms with E-state index in [0.717, 1.165) is 11.1 Å². The number of ether oxygens (including phenoxy) is 1. The van der Waals surface area contributed by atoms with Gasteiger partial charge in [-0.2, -0.15) is 0 Å². The standard InChI is InChI=1S/C24H26N2O4/c1-3-30-24(29)20-15-21(25-17(2)27)23(28)26(16-19-12-8-5-9-13-19)22(20)14-18-10-6-4-7-11-18/h4-14,20-21H,3,15-16H2,1-2H3,(H,25,27)/b22-14+. The molecule has 0 spiro atoms. The van der Waals surface area contributed by atoms with Gasteiger partial charge < -0.3 is 15.0 Å². The summed E-state index contributed by atoms with van der Waals surface area (Å²) in [6, 6.07) is 18.3. The minimum atomic E-state index is -0.784. The van der Waals surface area contributed by atoms with Crippen molar-refractivity contribution in [2.45, 2.75) is 32.9 Å². The molecule has 1 N–H and O–H groups in total. The van der Waals surface area contributed by atoms with Crippen LogP contribution in [0.4, 0.5) is 0 Å². The van der Waals surface area contributed by atoms with Gasteiger partial charge in [-0.25, -0.2) is 0 Å². The number of benzene rings is 2. The summed E-state index contributed by atoms with van der Waals surface area (Å²) < 4.78 is 5.31. The Kier molecular flexibility index (Phi) is 7.01. The summed E-state index contributed by atoms with van der Waals surface area (Å²) in [5, 5.41) is 2.69. The maximum absolute atomic E-state index is 13.3. The van der Waals surface area contributed by atoms with Gasteiger partial charge in [0.05, 0.1) is 19.1 Å². The molecule has 2 amide bonds. The predicted octanol–water partition coefficient (Wildman–Crippen LogP) is 3.14. The van der Waals surface area contributed by atoms with Gasteiger partial charge >= 0.3 is 5.97 Å². The van der Waals surface area contributed by atoms with E-state index in [1.807, 2.05) is 66.7 Å². The van der Waals surface area contributed by atoms with Gasteiger partial charge in [-0.3, -0.25) is 14.4 Å². The molecule has 3 rings (SSSR count).